The summed E-state index contributed by atoms with van der Waals surface area (Å²) in [7, 11) is 0. The molecule has 0 aromatic carbocycles. The summed E-state index contributed by atoms with van der Waals surface area (Å²) in [4.78, 5) is 29.7. The van der Waals surface area contributed by atoms with Crippen LogP contribution in [0.2, 0.25) is 0 Å². The summed E-state index contributed by atoms with van der Waals surface area (Å²) in [6.45, 7) is 1.53. The summed E-state index contributed by atoms with van der Waals surface area (Å²) in [6, 6.07) is 0. The highest BCUT2D eigenvalue weighted by molar-refractivity contribution is 5.91. The molecule has 10 nitrogen and oxygen atoms in total. The van der Waals surface area contributed by atoms with Crippen molar-refractivity contribution >= 4 is 17.9 Å². The van der Waals surface area contributed by atoms with Gasteiger partial charge in [-0.2, -0.15) is 0 Å². The molecule has 0 fully saturated rings. The fraction of sp³-hybridized carbons (Fsp3) is 0.462. The van der Waals surface area contributed by atoms with Gasteiger partial charge in [-0.3, -0.25) is 4.79 Å². The van der Waals surface area contributed by atoms with E-state index in [-0.39, 0.29) is 12.2 Å². The Kier molecular flexibility index (Phi) is 12.1. The highest BCUT2D eigenvalue weighted by Crippen LogP contribution is 2.14. The van der Waals surface area contributed by atoms with Crippen LogP contribution in [0.25, 0.3) is 0 Å². The van der Waals surface area contributed by atoms with Gasteiger partial charge in [0.05, 0.1) is 50.6 Å². The Hall–Kier alpha value is -2.43. The lowest BCUT2D eigenvalue weighted by Crippen LogP contribution is -2.38. The molecule has 0 aliphatic carbocycles. The third-order valence-corrected chi connectivity index (χ3v) is 2.37. The Balaban J connectivity index is 0. The molecule has 0 saturated carbocycles. The van der Waals surface area contributed by atoms with Gasteiger partial charge in [-0.05, 0) is 0 Å². The Morgan fingerprint density at radius 1 is 1.00 bits per heavy atom. The zero-order valence-corrected chi connectivity index (χ0v) is 12.2. The average molecular weight is 336 g/mol. The van der Waals surface area contributed by atoms with Gasteiger partial charge in [0, 0.05) is 5.57 Å². The summed E-state index contributed by atoms with van der Waals surface area (Å²) in [5.74, 6) is -3.60. The lowest BCUT2D eigenvalue weighted by molar-refractivity contribution is -0.139. The molecule has 0 aromatic heterocycles. The van der Waals surface area contributed by atoms with E-state index in [1.165, 1.54) is 0 Å². The third kappa shape index (κ3) is 11.9. The maximum absolute atomic E-state index is 10.0. The van der Waals surface area contributed by atoms with Crippen LogP contribution >= 0.6 is 0 Å². The maximum Gasteiger partial charge on any atom is 0.331 e. The number of aliphatic hydroxyl groups excluding tert-OH is 3. The second-order valence-corrected chi connectivity index (χ2v) is 4.41. The molecule has 0 aliphatic rings. The van der Waals surface area contributed by atoms with Gasteiger partial charge < -0.3 is 35.4 Å². The van der Waals surface area contributed by atoms with Gasteiger partial charge in [-0.1, -0.05) is 6.58 Å². The Morgan fingerprint density at radius 3 is 1.74 bits per heavy atom. The van der Waals surface area contributed by atoms with Crippen LogP contribution in [0.5, 0.6) is 0 Å². The summed E-state index contributed by atoms with van der Waals surface area (Å²) in [5, 5.41) is 50.8. The zero-order valence-electron chi connectivity index (χ0n) is 12.2. The normalized spacial score (nSPS) is 10.6. The van der Waals surface area contributed by atoms with E-state index in [1.54, 1.807) is 0 Å². The van der Waals surface area contributed by atoms with E-state index in [1.807, 2.05) is 0 Å². The molecule has 0 radical (unpaired) electrons. The molecule has 0 rings (SSSR count). The molecule has 0 saturated heterocycles. The van der Waals surface area contributed by atoms with Gasteiger partial charge in [0.2, 0.25) is 0 Å². The molecule has 132 valence electrons. The van der Waals surface area contributed by atoms with Crippen LogP contribution in [0.4, 0.5) is 0 Å². The molecule has 0 atom stereocenters. The summed E-state index contributed by atoms with van der Waals surface area (Å²) in [5.41, 5.74) is -1.44. The Morgan fingerprint density at radius 2 is 1.48 bits per heavy atom. The third-order valence-electron chi connectivity index (χ3n) is 2.37. The first-order valence-electron chi connectivity index (χ1n) is 6.10. The largest absolute Gasteiger partial charge is 0.500 e. The standard InChI is InChI=1S/C8H14O6.C5H6O4/c9-3-8(4-10,5-11)6-14-2-1-7(12)13;1-3(5(8)9)2-4(6)7/h1-2,9-11H,3-6H2,(H,12,13);1-2H2,(H,6,7)(H,8,9). The molecule has 0 heterocycles. The van der Waals surface area contributed by atoms with E-state index in [4.69, 9.17) is 35.4 Å². The van der Waals surface area contributed by atoms with Crippen LogP contribution < -0.4 is 0 Å². The number of carboxylic acid groups (broad SMARTS) is 3. The quantitative estimate of drug-likeness (QED) is 0.206. The predicted octanol–water partition coefficient (Wildman–Crippen LogP) is -1.33. The van der Waals surface area contributed by atoms with Gasteiger partial charge in [0.1, 0.15) is 0 Å². The van der Waals surface area contributed by atoms with E-state index >= 15 is 0 Å². The van der Waals surface area contributed by atoms with Crippen molar-refractivity contribution in [1.82, 2.24) is 0 Å². The van der Waals surface area contributed by atoms with Gasteiger partial charge >= 0.3 is 17.9 Å². The van der Waals surface area contributed by atoms with Crippen molar-refractivity contribution in [3.63, 3.8) is 0 Å². The molecule has 0 aliphatic heterocycles. The fourth-order valence-corrected chi connectivity index (χ4v) is 0.876. The van der Waals surface area contributed by atoms with Crippen molar-refractivity contribution in [2.75, 3.05) is 26.4 Å². The first kappa shape index (κ1) is 22.8. The van der Waals surface area contributed by atoms with Crippen molar-refractivity contribution in [2.24, 2.45) is 5.41 Å². The van der Waals surface area contributed by atoms with Crippen LogP contribution in [0.3, 0.4) is 0 Å². The van der Waals surface area contributed by atoms with E-state index < -0.39 is 49.6 Å². The average Bonchev–Trinajstić information content (AvgIpc) is 2.48. The Labute approximate surface area is 131 Å². The second-order valence-electron chi connectivity index (χ2n) is 4.41. The van der Waals surface area contributed by atoms with Crippen molar-refractivity contribution < 1.29 is 49.8 Å². The highest BCUT2D eigenvalue weighted by atomic mass is 16.5. The van der Waals surface area contributed by atoms with Crippen molar-refractivity contribution in [1.29, 1.82) is 0 Å². The van der Waals surface area contributed by atoms with E-state index in [9.17, 15) is 14.4 Å². The minimum absolute atomic E-state index is 0.153. The molecule has 0 amide bonds. The van der Waals surface area contributed by atoms with Gasteiger partial charge in [0.15, 0.2) is 0 Å². The number of carboxylic acids is 3. The monoisotopic (exact) mass is 336 g/mol. The number of hydrogen-bond acceptors (Lipinski definition) is 7. The van der Waals surface area contributed by atoms with Gasteiger partial charge in [0.25, 0.3) is 0 Å². The van der Waals surface area contributed by atoms with Crippen LogP contribution in [0.15, 0.2) is 24.5 Å². The topological polar surface area (TPSA) is 182 Å². The number of ether oxygens (including phenoxy) is 1. The van der Waals surface area contributed by atoms with E-state index in [2.05, 4.69) is 6.58 Å². The van der Waals surface area contributed by atoms with Crippen molar-refractivity contribution in [3.8, 4) is 0 Å². The lowest BCUT2D eigenvalue weighted by Gasteiger charge is -2.25. The van der Waals surface area contributed by atoms with E-state index in [0.717, 1.165) is 12.3 Å². The molecule has 23 heavy (non-hydrogen) atoms. The lowest BCUT2D eigenvalue weighted by atomic mass is 9.93. The summed E-state index contributed by atoms with van der Waals surface area (Å²) in [6.07, 6.45) is 1.20. The smallest absolute Gasteiger partial charge is 0.331 e. The SMILES string of the molecule is C=C(CC(=O)O)C(=O)O.O=C(O)C=COCC(CO)(CO)CO. The summed E-state index contributed by atoms with van der Waals surface area (Å²) < 4.78 is 4.74. The molecule has 0 spiro atoms. The zero-order chi connectivity index (χ0) is 18.5. The van der Waals surface area contributed by atoms with Crippen LogP contribution in [-0.4, -0.2) is 75.0 Å². The first-order valence-corrected chi connectivity index (χ1v) is 6.10. The van der Waals surface area contributed by atoms with Crippen LogP contribution in [0, 0.1) is 5.41 Å². The Bertz CT molecular complexity index is 428. The maximum atomic E-state index is 10.0. The number of aliphatic hydroxyl groups is 3. The summed E-state index contributed by atoms with van der Waals surface area (Å²) >= 11 is 0. The molecule has 0 unspecified atom stereocenters. The van der Waals surface area contributed by atoms with E-state index in [0.29, 0.717) is 0 Å². The van der Waals surface area contributed by atoms with Crippen LogP contribution in [0.1, 0.15) is 6.42 Å². The van der Waals surface area contributed by atoms with Gasteiger partial charge in [-0.25, -0.2) is 9.59 Å². The minimum Gasteiger partial charge on any atom is -0.500 e. The number of carbonyl (C=O) groups is 3. The van der Waals surface area contributed by atoms with Crippen molar-refractivity contribution in [3.05, 3.63) is 24.5 Å². The molecule has 10 heteroatoms. The fourth-order valence-electron chi connectivity index (χ4n) is 0.876. The van der Waals surface area contributed by atoms with Crippen molar-refractivity contribution in [2.45, 2.75) is 6.42 Å². The molecule has 6 N–H and O–H groups in total. The molecule has 0 bridgehead atoms. The van der Waals surface area contributed by atoms with Crippen LogP contribution in [-0.2, 0) is 19.1 Å². The predicted molar refractivity (Wildman–Crippen MR) is 75.4 cm³/mol. The molecular formula is C13H20O10. The number of hydrogen-bond donors (Lipinski definition) is 6. The molecule has 0 aromatic rings. The highest BCUT2D eigenvalue weighted by Gasteiger charge is 2.28. The number of aliphatic carboxylic acids is 3. The minimum atomic E-state index is -1.27. The molecular weight excluding hydrogens is 316 g/mol. The second kappa shape index (κ2) is 12.1. The number of rotatable bonds is 10. The first-order chi connectivity index (χ1) is 10.6. The van der Waals surface area contributed by atoms with Gasteiger partial charge in [-0.15, -0.1) is 0 Å².